The topological polar surface area (TPSA) is 40.6 Å². The molecule has 1 aromatic rings. The Bertz CT molecular complexity index is 515. The van der Waals surface area contributed by atoms with Gasteiger partial charge in [0.05, 0.1) is 28.0 Å². The van der Waals surface area contributed by atoms with Crippen molar-refractivity contribution in [3.8, 4) is 5.75 Å². The van der Waals surface area contributed by atoms with Gasteiger partial charge in [0.1, 0.15) is 0 Å². The highest BCUT2D eigenvalue weighted by Crippen LogP contribution is 2.38. The van der Waals surface area contributed by atoms with Crippen LogP contribution in [0.4, 0.5) is 0 Å². The molecule has 0 bridgehead atoms. The Balaban J connectivity index is 1.87. The van der Waals surface area contributed by atoms with Crippen LogP contribution in [-0.2, 0) is 9.31 Å². The average Bonchev–Trinajstić information content (AvgIpc) is 3.10. The molecule has 0 spiro atoms. The van der Waals surface area contributed by atoms with E-state index in [0.717, 1.165) is 28.5 Å². The second kappa shape index (κ2) is 4.72. The van der Waals surface area contributed by atoms with E-state index in [0.29, 0.717) is 6.10 Å². The summed E-state index contributed by atoms with van der Waals surface area (Å²) in [5.74, 6) is 0.764. The van der Waals surface area contributed by atoms with Gasteiger partial charge in [-0.05, 0) is 56.5 Å². The van der Waals surface area contributed by atoms with Crippen molar-refractivity contribution in [2.75, 3.05) is 0 Å². The van der Waals surface area contributed by atoms with Crippen LogP contribution in [0.25, 0.3) is 0 Å². The molecule has 3 rings (SSSR count). The largest absolute Gasteiger partial charge is 0.497 e. The minimum absolute atomic E-state index is 0.335. The number of pyridine rings is 1. The van der Waals surface area contributed by atoms with E-state index in [9.17, 15) is 0 Å². The first-order valence-electron chi connectivity index (χ1n) is 6.96. The molecule has 20 heavy (non-hydrogen) atoms. The number of hydrogen-bond donors (Lipinski definition) is 0. The molecule has 0 radical (unpaired) electrons. The van der Waals surface area contributed by atoms with Gasteiger partial charge < -0.3 is 14.0 Å². The molecule has 0 N–H and O–H groups in total. The van der Waals surface area contributed by atoms with Crippen molar-refractivity contribution in [1.29, 1.82) is 0 Å². The van der Waals surface area contributed by atoms with Crippen LogP contribution in [0.2, 0.25) is 0 Å². The Hall–Kier alpha value is -0.585. The highest BCUT2D eigenvalue weighted by molar-refractivity contribution is 9.10. The molecular weight excluding hydrogens is 321 g/mol. The van der Waals surface area contributed by atoms with Gasteiger partial charge in [-0.25, -0.2) is 0 Å². The van der Waals surface area contributed by atoms with E-state index in [-0.39, 0.29) is 11.2 Å². The number of rotatable bonds is 3. The normalized spacial score (nSPS) is 23.9. The first kappa shape index (κ1) is 14.4. The van der Waals surface area contributed by atoms with Crippen molar-refractivity contribution in [1.82, 2.24) is 4.98 Å². The fraction of sp³-hybridized carbons (Fsp3) is 0.643. The number of halogens is 1. The van der Waals surface area contributed by atoms with Gasteiger partial charge >= 0.3 is 7.12 Å². The fourth-order valence-electron chi connectivity index (χ4n) is 2.02. The lowest BCUT2D eigenvalue weighted by Crippen LogP contribution is -2.41. The molecule has 4 nitrogen and oxygen atoms in total. The van der Waals surface area contributed by atoms with Gasteiger partial charge in [0.2, 0.25) is 0 Å². The fourth-order valence-corrected chi connectivity index (χ4v) is 2.51. The van der Waals surface area contributed by atoms with Crippen molar-refractivity contribution in [2.24, 2.45) is 0 Å². The van der Waals surface area contributed by atoms with Crippen LogP contribution in [0.3, 0.4) is 0 Å². The standard InChI is InChI=1S/C14H19BBrNO3/c1-13(2)14(3,4)20-15(19-13)10-7-17-8-11(12(10)16)18-9-5-6-9/h7-9H,5-6H2,1-4H3. The number of aromatic nitrogens is 1. The van der Waals surface area contributed by atoms with Gasteiger partial charge in [-0.3, -0.25) is 4.98 Å². The summed E-state index contributed by atoms with van der Waals surface area (Å²) in [5.41, 5.74) is 0.163. The van der Waals surface area contributed by atoms with Gasteiger partial charge in [0.25, 0.3) is 0 Å². The van der Waals surface area contributed by atoms with Crippen molar-refractivity contribution in [3.05, 3.63) is 16.9 Å². The number of nitrogens with zero attached hydrogens (tertiary/aromatic N) is 1. The van der Waals surface area contributed by atoms with Crippen molar-refractivity contribution < 1.29 is 14.0 Å². The zero-order valence-corrected chi connectivity index (χ0v) is 13.9. The molecule has 2 aliphatic rings. The predicted molar refractivity (Wildman–Crippen MR) is 81.3 cm³/mol. The first-order chi connectivity index (χ1) is 9.30. The predicted octanol–water partition coefficient (Wildman–Crippen LogP) is 2.68. The summed E-state index contributed by atoms with van der Waals surface area (Å²) < 4.78 is 18.8. The summed E-state index contributed by atoms with van der Waals surface area (Å²) >= 11 is 3.60. The summed E-state index contributed by atoms with van der Waals surface area (Å²) in [6.07, 6.45) is 6.07. The molecule has 1 aliphatic heterocycles. The van der Waals surface area contributed by atoms with Crippen LogP contribution >= 0.6 is 15.9 Å². The quantitative estimate of drug-likeness (QED) is 0.794. The Morgan fingerprint density at radius 3 is 2.35 bits per heavy atom. The number of ether oxygens (including phenoxy) is 1. The third-order valence-corrected chi connectivity index (χ3v) is 5.05. The van der Waals surface area contributed by atoms with Gasteiger partial charge in [-0.1, -0.05) is 0 Å². The molecule has 0 amide bonds. The maximum atomic E-state index is 6.06. The Labute approximate surface area is 128 Å². The molecule has 108 valence electrons. The SMILES string of the molecule is CC1(C)OB(c2cncc(OC3CC3)c2Br)OC1(C)C. The summed E-state index contributed by atoms with van der Waals surface area (Å²) in [6.45, 7) is 8.16. The summed E-state index contributed by atoms with van der Waals surface area (Å²) in [7, 11) is -0.426. The molecule has 0 atom stereocenters. The molecule has 2 heterocycles. The molecule has 1 aromatic heterocycles. The Morgan fingerprint density at radius 1 is 1.20 bits per heavy atom. The van der Waals surface area contributed by atoms with Crippen LogP contribution < -0.4 is 10.2 Å². The highest BCUT2D eigenvalue weighted by Gasteiger charge is 2.52. The molecule has 6 heteroatoms. The van der Waals surface area contributed by atoms with Gasteiger partial charge in [-0.2, -0.15) is 0 Å². The molecule has 2 fully saturated rings. The van der Waals surface area contributed by atoms with Crippen LogP contribution in [-0.4, -0.2) is 29.4 Å². The first-order valence-corrected chi connectivity index (χ1v) is 7.75. The average molecular weight is 340 g/mol. The second-order valence-corrected chi connectivity index (χ2v) is 7.24. The monoisotopic (exact) mass is 339 g/mol. The van der Waals surface area contributed by atoms with Gasteiger partial charge in [-0.15, -0.1) is 0 Å². The van der Waals surface area contributed by atoms with Crippen LogP contribution in [0, 0.1) is 0 Å². The van der Waals surface area contributed by atoms with E-state index >= 15 is 0 Å². The Kier molecular flexibility index (Phi) is 3.38. The summed E-state index contributed by atoms with van der Waals surface area (Å²) in [4.78, 5) is 4.25. The van der Waals surface area contributed by atoms with Crippen molar-refractivity contribution in [3.63, 3.8) is 0 Å². The molecule has 1 saturated heterocycles. The van der Waals surface area contributed by atoms with E-state index in [4.69, 9.17) is 14.0 Å². The smallest absolute Gasteiger partial charge is 0.488 e. The molecular formula is C14H19BBrNO3. The molecule has 1 aliphatic carbocycles. The Morgan fingerprint density at radius 2 is 1.80 bits per heavy atom. The molecule has 1 saturated carbocycles. The van der Waals surface area contributed by atoms with E-state index in [2.05, 4.69) is 20.9 Å². The molecule has 0 unspecified atom stereocenters. The van der Waals surface area contributed by atoms with Crippen LogP contribution in [0.5, 0.6) is 5.75 Å². The number of hydrogen-bond acceptors (Lipinski definition) is 4. The maximum Gasteiger partial charge on any atom is 0.497 e. The lowest BCUT2D eigenvalue weighted by atomic mass is 9.80. The van der Waals surface area contributed by atoms with Crippen LogP contribution in [0.1, 0.15) is 40.5 Å². The minimum Gasteiger partial charge on any atom is -0.488 e. The highest BCUT2D eigenvalue weighted by atomic mass is 79.9. The summed E-state index contributed by atoms with van der Waals surface area (Å²) in [6, 6.07) is 0. The van der Waals surface area contributed by atoms with Gasteiger partial charge in [0.15, 0.2) is 5.75 Å². The lowest BCUT2D eigenvalue weighted by Gasteiger charge is -2.32. The molecule has 0 aromatic carbocycles. The zero-order chi connectivity index (χ0) is 14.5. The minimum atomic E-state index is -0.426. The lowest BCUT2D eigenvalue weighted by molar-refractivity contribution is 0.00578. The third-order valence-electron chi connectivity index (χ3n) is 4.20. The van der Waals surface area contributed by atoms with E-state index in [1.54, 1.807) is 12.4 Å². The second-order valence-electron chi connectivity index (χ2n) is 6.45. The maximum absolute atomic E-state index is 6.06. The van der Waals surface area contributed by atoms with Crippen LogP contribution in [0.15, 0.2) is 16.9 Å². The van der Waals surface area contributed by atoms with E-state index in [1.807, 2.05) is 27.7 Å². The van der Waals surface area contributed by atoms with Gasteiger partial charge in [0, 0.05) is 11.7 Å². The summed E-state index contributed by atoms with van der Waals surface area (Å²) in [5, 5.41) is 0. The van der Waals surface area contributed by atoms with Crippen molar-refractivity contribution in [2.45, 2.75) is 57.8 Å². The third kappa shape index (κ3) is 2.49. The van der Waals surface area contributed by atoms with E-state index < -0.39 is 7.12 Å². The van der Waals surface area contributed by atoms with E-state index in [1.165, 1.54) is 0 Å². The zero-order valence-electron chi connectivity index (χ0n) is 12.3. The van der Waals surface area contributed by atoms with Crippen molar-refractivity contribution >= 4 is 28.5 Å².